The molecule has 0 saturated carbocycles. The molecule has 10 nitrogen and oxygen atoms in total. The van der Waals surface area contributed by atoms with Crippen molar-refractivity contribution >= 4 is 11.7 Å². The van der Waals surface area contributed by atoms with Crippen molar-refractivity contribution in [1.29, 1.82) is 0 Å². The summed E-state index contributed by atoms with van der Waals surface area (Å²) in [5.41, 5.74) is 10.4. The third-order valence-electron chi connectivity index (χ3n) is 5.56. The van der Waals surface area contributed by atoms with E-state index >= 15 is 0 Å². The molecule has 0 aliphatic carbocycles. The molecule has 162 valence electrons. The van der Waals surface area contributed by atoms with Crippen molar-refractivity contribution in [2.24, 2.45) is 17.3 Å². The van der Waals surface area contributed by atoms with Crippen LogP contribution in [-0.2, 0) is 7.05 Å². The van der Waals surface area contributed by atoms with Gasteiger partial charge in [-0.1, -0.05) is 0 Å². The second kappa shape index (κ2) is 9.10. The predicted octanol–water partition coefficient (Wildman–Crippen LogP) is 0.577. The van der Waals surface area contributed by atoms with Crippen molar-refractivity contribution in [2.75, 3.05) is 38.1 Å². The van der Waals surface area contributed by atoms with Gasteiger partial charge in [0.2, 0.25) is 0 Å². The number of hydrogen-bond donors (Lipinski definition) is 3. The summed E-state index contributed by atoms with van der Waals surface area (Å²) in [6.07, 6.45) is 9.12. The van der Waals surface area contributed by atoms with E-state index in [1.807, 2.05) is 44.2 Å². The third-order valence-corrected chi connectivity index (χ3v) is 5.56. The van der Waals surface area contributed by atoms with Crippen LogP contribution in [0.25, 0.3) is 0 Å². The number of aryl methyl sites for hydroxylation is 1. The Morgan fingerprint density at radius 1 is 1.00 bits per heavy atom. The van der Waals surface area contributed by atoms with Gasteiger partial charge in [0.25, 0.3) is 0 Å². The van der Waals surface area contributed by atoms with Gasteiger partial charge in [-0.3, -0.25) is 21.3 Å². The fraction of sp³-hybridized carbons (Fsp3) is 0.550. The number of hydrazine groups is 2. The zero-order valence-corrected chi connectivity index (χ0v) is 18.1. The number of nitrogens with zero attached hydrogens (tertiary/aromatic N) is 7. The van der Waals surface area contributed by atoms with Gasteiger partial charge in [0, 0.05) is 40.3 Å². The summed E-state index contributed by atoms with van der Waals surface area (Å²) < 4.78 is 1.77. The molecule has 3 N–H and O–H groups in total. The molecule has 10 heteroatoms. The molecule has 4 rings (SSSR count). The lowest BCUT2D eigenvalue weighted by Crippen LogP contribution is -2.48. The first-order chi connectivity index (χ1) is 14.6. The van der Waals surface area contributed by atoms with E-state index in [-0.39, 0.29) is 0 Å². The molecule has 0 amide bonds. The lowest BCUT2D eigenvalue weighted by atomic mass is 10.4. The van der Waals surface area contributed by atoms with Crippen LogP contribution in [0.3, 0.4) is 0 Å². The van der Waals surface area contributed by atoms with Crippen LogP contribution >= 0.6 is 0 Å². The van der Waals surface area contributed by atoms with Crippen LogP contribution in [0, 0.1) is 0 Å². The summed E-state index contributed by atoms with van der Waals surface area (Å²) in [5.74, 6) is 3.69. The lowest BCUT2D eigenvalue weighted by molar-refractivity contribution is 0.243. The average Bonchev–Trinajstić information content (AvgIpc) is 3.46. The molecule has 0 atom stereocenters. The van der Waals surface area contributed by atoms with E-state index in [1.165, 1.54) is 25.7 Å². The highest BCUT2D eigenvalue weighted by molar-refractivity contribution is 5.78. The Morgan fingerprint density at radius 3 is 2.37 bits per heavy atom. The van der Waals surface area contributed by atoms with Crippen LogP contribution in [0.4, 0.5) is 5.82 Å². The number of rotatable bonds is 5. The van der Waals surface area contributed by atoms with Crippen molar-refractivity contribution in [3.8, 4) is 0 Å². The number of nitrogens with one attached hydrogen (secondary N) is 3. The highest BCUT2D eigenvalue weighted by Gasteiger charge is 2.19. The molecular weight excluding hydrogens is 380 g/mol. The van der Waals surface area contributed by atoms with Crippen LogP contribution in [-0.4, -0.2) is 58.8 Å². The molecular formula is C20H32N10. The Hall–Kier alpha value is -3.17. The topological polar surface area (TPSA) is 88.3 Å². The fourth-order valence-corrected chi connectivity index (χ4v) is 3.81. The Bertz CT molecular complexity index is 900. The summed E-state index contributed by atoms with van der Waals surface area (Å²) in [6, 6.07) is 3.97. The first kappa shape index (κ1) is 20.1. The van der Waals surface area contributed by atoms with Crippen molar-refractivity contribution < 1.29 is 0 Å². The van der Waals surface area contributed by atoms with Crippen molar-refractivity contribution in [2.45, 2.75) is 32.6 Å². The molecule has 0 spiro atoms. The van der Waals surface area contributed by atoms with E-state index < -0.39 is 0 Å². The highest BCUT2D eigenvalue weighted by Crippen LogP contribution is 2.16. The van der Waals surface area contributed by atoms with Gasteiger partial charge in [-0.25, -0.2) is 4.68 Å². The number of aromatic nitrogens is 2. The standard InChI is InChI=1S/C20H32N10/c1-16(21-23-17-8-10-19(25-27(17)2)29-12-4-5-13-29)22-24-18-9-11-20(26-28(18)3)30-14-6-7-15-30/h8-11,23,25H,4-7,12-15H2,1-3H3,(H,21,22)/b24-18-. The predicted molar refractivity (Wildman–Crippen MR) is 117 cm³/mol. The first-order valence-corrected chi connectivity index (χ1v) is 10.7. The summed E-state index contributed by atoms with van der Waals surface area (Å²) in [5, 5.41) is 15.2. The minimum Gasteiger partial charge on any atom is -0.357 e. The molecule has 3 aliphatic heterocycles. The van der Waals surface area contributed by atoms with Crippen molar-refractivity contribution in [1.82, 2.24) is 36.0 Å². The van der Waals surface area contributed by atoms with Gasteiger partial charge in [-0.2, -0.15) is 5.10 Å². The molecule has 30 heavy (non-hydrogen) atoms. The van der Waals surface area contributed by atoms with Crippen LogP contribution in [0.15, 0.2) is 46.1 Å². The van der Waals surface area contributed by atoms with E-state index in [2.05, 4.69) is 47.5 Å². The molecule has 0 aromatic carbocycles. The zero-order valence-electron chi connectivity index (χ0n) is 18.1. The van der Waals surface area contributed by atoms with Gasteiger partial charge < -0.3 is 9.80 Å². The first-order valence-electron chi connectivity index (χ1n) is 10.7. The van der Waals surface area contributed by atoms with E-state index in [9.17, 15) is 0 Å². The maximum Gasteiger partial charge on any atom is 0.171 e. The van der Waals surface area contributed by atoms with Crippen LogP contribution < -0.4 is 26.7 Å². The molecule has 1 aromatic rings. The molecule has 1 aromatic heterocycles. The van der Waals surface area contributed by atoms with Crippen LogP contribution in [0.5, 0.6) is 0 Å². The number of anilines is 1. The molecule has 4 heterocycles. The molecule has 2 fully saturated rings. The SMILES string of the molecule is CC(=N/N=c1/ccc(N2CCCC2)nn1C)NNC1=CC=C(N2CCCC2)NN1C. The average molecular weight is 413 g/mol. The summed E-state index contributed by atoms with van der Waals surface area (Å²) >= 11 is 0. The third kappa shape index (κ3) is 4.69. The zero-order chi connectivity index (χ0) is 20.9. The minimum atomic E-state index is 0.655. The smallest absolute Gasteiger partial charge is 0.171 e. The number of allylic oxidation sites excluding steroid dienone is 2. The molecule has 2 saturated heterocycles. The Labute approximate surface area is 177 Å². The van der Waals surface area contributed by atoms with E-state index in [0.717, 1.165) is 43.6 Å². The normalized spacial score (nSPS) is 20.3. The monoisotopic (exact) mass is 412 g/mol. The van der Waals surface area contributed by atoms with Gasteiger partial charge in [0.15, 0.2) is 5.49 Å². The van der Waals surface area contributed by atoms with E-state index in [1.54, 1.807) is 4.68 Å². The lowest BCUT2D eigenvalue weighted by Gasteiger charge is -2.33. The van der Waals surface area contributed by atoms with E-state index in [4.69, 9.17) is 0 Å². The quantitative estimate of drug-likeness (QED) is 0.370. The minimum absolute atomic E-state index is 0.655. The van der Waals surface area contributed by atoms with Gasteiger partial charge in [-0.05, 0) is 56.9 Å². The second-order valence-corrected chi connectivity index (χ2v) is 7.87. The molecule has 0 bridgehead atoms. The van der Waals surface area contributed by atoms with E-state index in [0.29, 0.717) is 11.3 Å². The number of likely N-dealkylation sites (tertiary alicyclic amines) is 1. The van der Waals surface area contributed by atoms with Crippen LogP contribution in [0.2, 0.25) is 0 Å². The van der Waals surface area contributed by atoms with Gasteiger partial charge in [-0.15, -0.1) is 10.2 Å². The number of hydrogen-bond acceptors (Lipinski definition) is 8. The highest BCUT2D eigenvalue weighted by atomic mass is 15.6. The van der Waals surface area contributed by atoms with Crippen LogP contribution in [0.1, 0.15) is 32.6 Å². The molecule has 3 aliphatic rings. The van der Waals surface area contributed by atoms with Gasteiger partial charge in [0.1, 0.15) is 23.3 Å². The summed E-state index contributed by atoms with van der Waals surface area (Å²) in [7, 11) is 3.88. The van der Waals surface area contributed by atoms with Crippen molar-refractivity contribution in [3.63, 3.8) is 0 Å². The maximum atomic E-state index is 4.61. The Balaban J connectivity index is 1.36. The fourth-order valence-electron chi connectivity index (χ4n) is 3.81. The largest absolute Gasteiger partial charge is 0.357 e. The maximum absolute atomic E-state index is 4.61. The molecule has 0 unspecified atom stereocenters. The Morgan fingerprint density at radius 2 is 1.70 bits per heavy atom. The Kier molecular flexibility index (Phi) is 6.10. The summed E-state index contributed by atoms with van der Waals surface area (Å²) in [6.45, 7) is 6.24. The second-order valence-electron chi connectivity index (χ2n) is 7.87. The van der Waals surface area contributed by atoms with Crippen molar-refractivity contribution in [3.05, 3.63) is 41.4 Å². The molecule has 0 radical (unpaired) electrons. The number of amidine groups is 1. The van der Waals surface area contributed by atoms with Gasteiger partial charge >= 0.3 is 0 Å². The van der Waals surface area contributed by atoms with Gasteiger partial charge in [0.05, 0.1) is 0 Å². The summed E-state index contributed by atoms with van der Waals surface area (Å²) in [4.78, 5) is 4.67.